The van der Waals surface area contributed by atoms with Crippen LogP contribution in [0, 0.1) is 5.82 Å². The molecule has 0 atom stereocenters. The Hall–Kier alpha value is -1.55. The highest BCUT2D eigenvalue weighted by Crippen LogP contribution is 2.18. The lowest BCUT2D eigenvalue weighted by Crippen LogP contribution is -1.97. The van der Waals surface area contributed by atoms with E-state index in [1.54, 1.807) is 23.2 Å². The van der Waals surface area contributed by atoms with Crippen LogP contribution >= 0.6 is 11.6 Å². The second kappa shape index (κ2) is 3.90. The van der Waals surface area contributed by atoms with E-state index in [4.69, 9.17) is 17.3 Å². The average Bonchev–Trinajstić information content (AvgIpc) is 2.56. The van der Waals surface area contributed by atoms with Crippen molar-refractivity contribution in [3.05, 3.63) is 47.1 Å². The SMILES string of the molecule is Nc1cn(Cc2ccc(F)cc2Cl)cn1. The maximum atomic E-state index is 12.8. The summed E-state index contributed by atoms with van der Waals surface area (Å²) in [7, 11) is 0. The number of hydrogen-bond donors (Lipinski definition) is 1. The van der Waals surface area contributed by atoms with Crippen molar-refractivity contribution in [3.63, 3.8) is 0 Å². The predicted molar refractivity (Wildman–Crippen MR) is 57.2 cm³/mol. The van der Waals surface area contributed by atoms with Gasteiger partial charge in [-0.2, -0.15) is 0 Å². The molecule has 1 aromatic carbocycles. The first-order valence-electron chi connectivity index (χ1n) is 4.36. The van der Waals surface area contributed by atoms with Crippen LogP contribution in [0.15, 0.2) is 30.7 Å². The van der Waals surface area contributed by atoms with Crippen molar-refractivity contribution < 1.29 is 4.39 Å². The number of halogens is 2. The fourth-order valence-corrected chi connectivity index (χ4v) is 1.54. The maximum absolute atomic E-state index is 12.8. The highest BCUT2D eigenvalue weighted by atomic mass is 35.5. The molecule has 0 amide bonds. The Balaban J connectivity index is 2.24. The maximum Gasteiger partial charge on any atom is 0.141 e. The zero-order chi connectivity index (χ0) is 10.8. The summed E-state index contributed by atoms with van der Waals surface area (Å²) in [5.41, 5.74) is 6.30. The normalized spacial score (nSPS) is 10.5. The molecule has 0 aliphatic carbocycles. The first-order chi connectivity index (χ1) is 7.15. The van der Waals surface area contributed by atoms with Crippen molar-refractivity contribution in [2.75, 3.05) is 5.73 Å². The lowest BCUT2D eigenvalue weighted by atomic mass is 10.2. The van der Waals surface area contributed by atoms with Gasteiger partial charge in [0.25, 0.3) is 0 Å². The third-order valence-corrected chi connectivity index (χ3v) is 2.37. The summed E-state index contributed by atoms with van der Waals surface area (Å²) in [5, 5.41) is 0.405. The highest BCUT2D eigenvalue weighted by Gasteiger charge is 2.03. The van der Waals surface area contributed by atoms with Gasteiger partial charge in [-0.1, -0.05) is 17.7 Å². The Kier molecular flexibility index (Phi) is 2.60. The van der Waals surface area contributed by atoms with Gasteiger partial charge in [-0.25, -0.2) is 9.37 Å². The Morgan fingerprint density at radius 2 is 2.27 bits per heavy atom. The topological polar surface area (TPSA) is 43.8 Å². The van der Waals surface area contributed by atoms with E-state index in [9.17, 15) is 4.39 Å². The molecule has 0 aliphatic heterocycles. The molecule has 0 bridgehead atoms. The van der Waals surface area contributed by atoms with Gasteiger partial charge < -0.3 is 10.3 Å². The Labute approximate surface area is 91.3 Å². The van der Waals surface area contributed by atoms with Gasteiger partial charge in [0.2, 0.25) is 0 Å². The fourth-order valence-electron chi connectivity index (χ4n) is 1.31. The number of hydrogen-bond acceptors (Lipinski definition) is 2. The number of nitrogens with zero attached hydrogens (tertiary/aromatic N) is 2. The Morgan fingerprint density at radius 3 is 2.87 bits per heavy atom. The van der Waals surface area contributed by atoms with Gasteiger partial charge >= 0.3 is 0 Å². The molecule has 2 N–H and O–H groups in total. The number of rotatable bonds is 2. The molecule has 0 fully saturated rings. The standard InChI is InChI=1S/C10H9ClFN3/c11-9-3-8(12)2-1-7(9)4-15-5-10(13)14-6-15/h1-3,5-6H,4,13H2. The van der Waals surface area contributed by atoms with Crippen molar-refractivity contribution in [1.29, 1.82) is 0 Å². The quantitative estimate of drug-likeness (QED) is 0.853. The minimum absolute atomic E-state index is 0.339. The third kappa shape index (κ3) is 2.27. The van der Waals surface area contributed by atoms with Crippen molar-refractivity contribution in [1.82, 2.24) is 9.55 Å². The summed E-state index contributed by atoms with van der Waals surface area (Å²) >= 11 is 5.88. The number of anilines is 1. The molecule has 1 heterocycles. The van der Waals surface area contributed by atoms with E-state index < -0.39 is 0 Å². The van der Waals surface area contributed by atoms with Crippen LogP contribution in [0.2, 0.25) is 5.02 Å². The number of nitrogens with two attached hydrogens (primary N) is 1. The van der Waals surface area contributed by atoms with E-state index in [1.165, 1.54) is 12.1 Å². The molecular weight excluding hydrogens is 217 g/mol. The summed E-state index contributed by atoms with van der Waals surface area (Å²) in [6, 6.07) is 4.31. The Bertz CT molecular complexity index is 481. The molecule has 0 spiro atoms. The first-order valence-corrected chi connectivity index (χ1v) is 4.74. The molecule has 0 saturated heterocycles. The van der Waals surface area contributed by atoms with Crippen molar-refractivity contribution >= 4 is 17.4 Å². The molecule has 2 aromatic rings. The van der Waals surface area contributed by atoms with E-state index in [0.29, 0.717) is 17.4 Å². The Morgan fingerprint density at radius 1 is 1.47 bits per heavy atom. The molecule has 0 saturated carbocycles. The largest absolute Gasteiger partial charge is 0.382 e. The molecule has 0 radical (unpaired) electrons. The number of aromatic nitrogens is 2. The van der Waals surface area contributed by atoms with Crippen LogP contribution in [-0.4, -0.2) is 9.55 Å². The third-order valence-electron chi connectivity index (χ3n) is 2.02. The smallest absolute Gasteiger partial charge is 0.141 e. The van der Waals surface area contributed by atoms with Gasteiger partial charge in [-0.3, -0.25) is 0 Å². The van der Waals surface area contributed by atoms with Gasteiger partial charge in [0, 0.05) is 11.2 Å². The van der Waals surface area contributed by atoms with Crippen molar-refractivity contribution in [2.45, 2.75) is 6.54 Å². The van der Waals surface area contributed by atoms with Crippen molar-refractivity contribution in [3.8, 4) is 0 Å². The molecule has 0 aliphatic rings. The van der Waals surface area contributed by atoms with Gasteiger partial charge in [0.05, 0.1) is 12.9 Å². The second-order valence-electron chi connectivity index (χ2n) is 3.21. The summed E-state index contributed by atoms with van der Waals surface area (Å²) in [5.74, 6) is 0.113. The molecule has 5 heteroatoms. The van der Waals surface area contributed by atoms with Crippen LogP contribution < -0.4 is 5.73 Å². The molecule has 1 aromatic heterocycles. The van der Waals surface area contributed by atoms with Gasteiger partial charge in [0.1, 0.15) is 11.6 Å². The van der Waals surface area contributed by atoms with Crippen LogP contribution in [0.4, 0.5) is 10.2 Å². The molecule has 15 heavy (non-hydrogen) atoms. The van der Waals surface area contributed by atoms with Crippen LogP contribution in [0.3, 0.4) is 0 Å². The number of benzene rings is 1. The molecular formula is C10H9ClFN3. The summed E-state index contributed by atoms with van der Waals surface area (Å²) < 4.78 is 14.6. The second-order valence-corrected chi connectivity index (χ2v) is 3.61. The first kappa shape index (κ1) is 9.98. The van der Waals surface area contributed by atoms with E-state index >= 15 is 0 Å². The minimum Gasteiger partial charge on any atom is -0.382 e. The zero-order valence-corrected chi connectivity index (χ0v) is 8.58. The highest BCUT2D eigenvalue weighted by molar-refractivity contribution is 6.31. The summed E-state index contributed by atoms with van der Waals surface area (Å²) in [6.45, 7) is 0.531. The van der Waals surface area contributed by atoms with Crippen LogP contribution in [0.5, 0.6) is 0 Å². The fraction of sp³-hybridized carbons (Fsp3) is 0.100. The van der Waals surface area contributed by atoms with Gasteiger partial charge in [0.15, 0.2) is 0 Å². The molecule has 3 nitrogen and oxygen atoms in total. The van der Waals surface area contributed by atoms with E-state index in [-0.39, 0.29) is 5.82 Å². The van der Waals surface area contributed by atoms with E-state index in [1.807, 2.05) is 0 Å². The summed E-state index contributed by atoms with van der Waals surface area (Å²) in [6.07, 6.45) is 3.30. The van der Waals surface area contributed by atoms with E-state index in [0.717, 1.165) is 5.56 Å². The van der Waals surface area contributed by atoms with Gasteiger partial charge in [-0.05, 0) is 17.7 Å². The molecule has 2 rings (SSSR count). The van der Waals surface area contributed by atoms with E-state index in [2.05, 4.69) is 4.98 Å². The summed E-state index contributed by atoms with van der Waals surface area (Å²) in [4.78, 5) is 3.88. The van der Waals surface area contributed by atoms with Crippen LogP contribution in [-0.2, 0) is 6.54 Å². The van der Waals surface area contributed by atoms with Crippen LogP contribution in [0.1, 0.15) is 5.56 Å². The lowest BCUT2D eigenvalue weighted by molar-refractivity contribution is 0.626. The lowest BCUT2D eigenvalue weighted by Gasteiger charge is -2.04. The molecule has 78 valence electrons. The monoisotopic (exact) mass is 225 g/mol. The minimum atomic E-state index is -0.339. The van der Waals surface area contributed by atoms with Crippen molar-refractivity contribution in [2.24, 2.45) is 0 Å². The molecule has 0 unspecified atom stereocenters. The number of nitrogen functional groups attached to an aromatic ring is 1. The number of imidazole rings is 1. The average molecular weight is 226 g/mol. The zero-order valence-electron chi connectivity index (χ0n) is 7.82. The van der Waals surface area contributed by atoms with Gasteiger partial charge in [-0.15, -0.1) is 0 Å². The predicted octanol–water partition coefficient (Wildman–Crippen LogP) is 2.31. The van der Waals surface area contributed by atoms with Crippen LogP contribution in [0.25, 0.3) is 0 Å².